The van der Waals surface area contributed by atoms with Crippen molar-refractivity contribution in [3.05, 3.63) is 69.6 Å². The average molecular weight is 471 g/mol. The van der Waals surface area contributed by atoms with Crippen molar-refractivity contribution < 1.29 is 18.7 Å². The molecule has 1 amide bonds. The predicted molar refractivity (Wildman–Crippen MR) is 116 cm³/mol. The van der Waals surface area contributed by atoms with Gasteiger partial charge < -0.3 is 10.1 Å². The predicted octanol–water partition coefficient (Wildman–Crippen LogP) is 5.06. The third-order valence-corrected chi connectivity index (χ3v) is 5.74. The van der Waals surface area contributed by atoms with E-state index in [-0.39, 0.29) is 5.69 Å². The normalized spacial score (nSPS) is 15.5. The van der Waals surface area contributed by atoms with Crippen molar-refractivity contribution in [2.75, 3.05) is 11.9 Å². The standard InChI is InChI=1S/C23H20BrFN2O3/c1-13-6-8-19-16(10-13)22(15-4-2-3-5-18(15)26-19)23(29)30-12-21(28)27-20-9-7-14(24)11-17(20)25/h2-5,7,9,11,13H,6,8,10,12H2,1H3,(H,27,28). The number of ether oxygens (including phenoxy) is 1. The van der Waals surface area contributed by atoms with E-state index in [0.29, 0.717) is 16.0 Å². The zero-order valence-corrected chi connectivity index (χ0v) is 18.0. The van der Waals surface area contributed by atoms with Gasteiger partial charge in [0.15, 0.2) is 6.61 Å². The molecule has 1 aromatic heterocycles. The molecular weight excluding hydrogens is 451 g/mol. The van der Waals surface area contributed by atoms with Gasteiger partial charge in [-0.3, -0.25) is 9.78 Å². The van der Waals surface area contributed by atoms with E-state index in [1.54, 1.807) is 6.07 Å². The summed E-state index contributed by atoms with van der Waals surface area (Å²) in [6.45, 7) is 1.64. The summed E-state index contributed by atoms with van der Waals surface area (Å²) in [5.74, 6) is -1.31. The second-order valence-corrected chi connectivity index (χ2v) is 8.44. The molecule has 2 aromatic carbocycles. The number of hydrogen-bond acceptors (Lipinski definition) is 4. The minimum Gasteiger partial charge on any atom is -0.452 e. The molecule has 0 fully saturated rings. The summed E-state index contributed by atoms with van der Waals surface area (Å²) in [6, 6.07) is 11.7. The van der Waals surface area contributed by atoms with Gasteiger partial charge in [-0.1, -0.05) is 41.1 Å². The number of nitrogens with one attached hydrogen (secondary N) is 1. The van der Waals surface area contributed by atoms with Gasteiger partial charge in [0.1, 0.15) is 5.82 Å². The molecular formula is C23H20BrFN2O3. The molecule has 30 heavy (non-hydrogen) atoms. The highest BCUT2D eigenvalue weighted by atomic mass is 79.9. The molecule has 1 unspecified atom stereocenters. The molecule has 1 atom stereocenters. The van der Waals surface area contributed by atoms with Crippen molar-refractivity contribution in [2.24, 2.45) is 5.92 Å². The summed E-state index contributed by atoms with van der Waals surface area (Å²) < 4.78 is 19.8. The Hall–Kier alpha value is -2.80. The van der Waals surface area contributed by atoms with E-state index >= 15 is 0 Å². The average Bonchev–Trinajstić information content (AvgIpc) is 2.72. The lowest BCUT2D eigenvalue weighted by Gasteiger charge is -2.24. The van der Waals surface area contributed by atoms with Crippen LogP contribution in [0.4, 0.5) is 10.1 Å². The second-order valence-electron chi connectivity index (χ2n) is 7.53. The van der Waals surface area contributed by atoms with E-state index in [9.17, 15) is 14.0 Å². The van der Waals surface area contributed by atoms with Crippen LogP contribution in [0.1, 0.15) is 35.0 Å². The molecule has 7 heteroatoms. The van der Waals surface area contributed by atoms with Gasteiger partial charge >= 0.3 is 5.97 Å². The molecule has 0 radical (unpaired) electrons. The summed E-state index contributed by atoms with van der Waals surface area (Å²) in [5, 5.41) is 3.14. The number of anilines is 1. The molecule has 0 aliphatic heterocycles. The minimum absolute atomic E-state index is 0.0276. The molecule has 0 saturated heterocycles. The third-order valence-electron chi connectivity index (χ3n) is 5.25. The first kappa shape index (κ1) is 20.5. The Morgan fingerprint density at radius 3 is 2.87 bits per heavy atom. The van der Waals surface area contributed by atoms with Crippen LogP contribution >= 0.6 is 15.9 Å². The topological polar surface area (TPSA) is 68.3 Å². The summed E-state index contributed by atoms with van der Waals surface area (Å²) >= 11 is 3.16. The number of pyridine rings is 1. The van der Waals surface area contributed by atoms with Crippen LogP contribution in [0.25, 0.3) is 10.9 Å². The van der Waals surface area contributed by atoms with Gasteiger partial charge in [-0.05, 0) is 55.0 Å². The molecule has 1 heterocycles. The lowest BCUT2D eigenvalue weighted by molar-refractivity contribution is -0.119. The highest BCUT2D eigenvalue weighted by Crippen LogP contribution is 2.32. The third kappa shape index (κ3) is 4.21. The van der Waals surface area contributed by atoms with Crippen molar-refractivity contribution in [3.8, 4) is 0 Å². The summed E-state index contributed by atoms with van der Waals surface area (Å²) in [4.78, 5) is 29.9. The van der Waals surface area contributed by atoms with Gasteiger partial charge in [-0.15, -0.1) is 0 Å². The Bertz CT molecular complexity index is 1150. The number of esters is 1. The van der Waals surface area contributed by atoms with Crippen molar-refractivity contribution in [1.82, 2.24) is 4.98 Å². The Balaban J connectivity index is 1.56. The van der Waals surface area contributed by atoms with Gasteiger partial charge in [0.05, 0.1) is 16.8 Å². The Morgan fingerprint density at radius 1 is 1.27 bits per heavy atom. The highest BCUT2D eigenvalue weighted by Gasteiger charge is 2.26. The lowest BCUT2D eigenvalue weighted by atomic mass is 9.84. The maximum absolute atomic E-state index is 13.9. The van der Waals surface area contributed by atoms with E-state index in [1.807, 2.05) is 24.3 Å². The quantitative estimate of drug-likeness (QED) is 0.541. The fraction of sp³-hybridized carbons (Fsp3) is 0.261. The molecule has 5 nitrogen and oxygen atoms in total. The molecule has 1 aliphatic rings. The Kier molecular flexibility index (Phi) is 5.81. The number of amides is 1. The van der Waals surface area contributed by atoms with Crippen LogP contribution in [0, 0.1) is 11.7 Å². The molecule has 1 aliphatic carbocycles. The van der Waals surface area contributed by atoms with Crippen molar-refractivity contribution in [2.45, 2.75) is 26.2 Å². The van der Waals surface area contributed by atoms with E-state index in [1.165, 1.54) is 12.1 Å². The Morgan fingerprint density at radius 2 is 2.07 bits per heavy atom. The van der Waals surface area contributed by atoms with E-state index in [2.05, 4.69) is 28.2 Å². The van der Waals surface area contributed by atoms with Crippen molar-refractivity contribution in [3.63, 3.8) is 0 Å². The monoisotopic (exact) mass is 470 g/mol. The summed E-state index contributed by atoms with van der Waals surface area (Å²) in [5.41, 5.74) is 3.06. The zero-order valence-electron chi connectivity index (χ0n) is 16.4. The number of carbonyl (C=O) groups is 2. The van der Waals surface area contributed by atoms with Gasteiger partial charge in [0, 0.05) is 15.6 Å². The number of rotatable bonds is 4. The number of aromatic nitrogens is 1. The molecule has 1 N–H and O–H groups in total. The maximum Gasteiger partial charge on any atom is 0.339 e. The number of hydrogen-bond donors (Lipinski definition) is 1. The number of fused-ring (bicyclic) bond motifs is 2. The molecule has 4 rings (SSSR count). The zero-order chi connectivity index (χ0) is 21.3. The van der Waals surface area contributed by atoms with E-state index < -0.39 is 24.3 Å². The smallest absolute Gasteiger partial charge is 0.339 e. The van der Waals surface area contributed by atoms with Crippen molar-refractivity contribution >= 4 is 44.4 Å². The van der Waals surface area contributed by atoms with Crippen LogP contribution in [0.15, 0.2) is 46.9 Å². The van der Waals surface area contributed by atoms with E-state index in [0.717, 1.165) is 41.4 Å². The molecule has 0 saturated carbocycles. The number of para-hydroxylation sites is 1. The van der Waals surface area contributed by atoms with Gasteiger partial charge in [-0.25, -0.2) is 9.18 Å². The number of aryl methyl sites for hydroxylation is 1. The number of nitrogens with zero attached hydrogens (tertiary/aromatic N) is 1. The number of halogens is 2. The second kappa shape index (κ2) is 8.52. The fourth-order valence-corrected chi connectivity index (χ4v) is 4.11. The first-order valence-corrected chi connectivity index (χ1v) is 10.5. The largest absolute Gasteiger partial charge is 0.452 e. The van der Waals surface area contributed by atoms with Crippen LogP contribution in [0.2, 0.25) is 0 Å². The van der Waals surface area contributed by atoms with Gasteiger partial charge in [0.2, 0.25) is 0 Å². The molecule has 3 aromatic rings. The van der Waals surface area contributed by atoms with E-state index in [4.69, 9.17) is 9.72 Å². The van der Waals surface area contributed by atoms with Crippen LogP contribution in [-0.2, 0) is 22.4 Å². The number of carbonyl (C=O) groups excluding carboxylic acids is 2. The fourth-order valence-electron chi connectivity index (χ4n) is 3.78. The van der Waals surface area contributed by atoms with Crippen LogP contribution < -0.4 is 5.32 Å². The van der Waals surface area contributed by atoms with Crippen LogP contribution in [0.3, 0.4) is 0 Å². The minimum atomic E-state index is -0.606. The maximum atomic E-state index is 13.9. The molecule has 0 bridgehead atoms. The van der Waals surface area contributed by atoms with Gasteiger partial charge in [-0.2, -0.15) is 0 Å². The first-order chi connectivity index (χ1) is 14.4. The number of benzene rings is 2. The summed E-state index contributed by atoms with van der Waals surface area (Å²) in [6.07, 6.45) is 2.58. The SMILES string of the molecule is CC1CCc2nc3ccccc3c(C(=O)OCC(=O)Nc3ccc(Br)cc3F)c2C1. The Labute approximate surface area is 181 Å². The first-order valence-electron chi connectivity index (χ1n) is 9.75. The van der Waals surface area contributed by atoms with Gasteiger partial charge in [0.25, 0.3) is 5.91 Å². The highest BCUT2D eigenvalue weighted by molar-refractivity contribution is 9.10. The lowest BCUT2D eigenvalue weighted by Crippen LogP contribution is -2.24. The summed E-state index contributed by atoms with van der Waals surface area (Å²) in [7, 11) is 0. The molecule has 154 valence electrons. The van der Waals surface area contributed by atoms with Crippen molar-refractivity contribution in [1.29, 1.82) is 0 Å². The van der Waals surface area contributed by atoms with Crippen LogP contribution in [0.5, 0.6) is 0 Å². The van der Waals surface area contributed by atoms with Crippen LogP contribution in [-0.4, -0.2) is 23.5 Å². The molecule has 0 spiro atoms.